The van der Waals surface area contributed by atoms with E-state index in [2.05, 4.69) is 26.1 Å². The van der Waals surface area contributed by atoms with Crippen LogP contribution in [0.25, 0.3) is 0 Å². The third-order valence-corrected chi connectivity index (χ3v) is 2.32. The van der Waals surface area contributed by atoms with Crippen LogP contribution in [0.15, 0.2) is 0 Å². The molecule has 1 unspecified atom stereocenters. The molecule has 3 heteroatoms. The molecule has 0 radical (unpaired) electrons. The minimum absolute atomic E-state index is 0.135. The standard InChI is InChI=1S/C11H25NO2/c1-4-8-14-9-6-7-11(3,10-13)12-5-2/h12-13H,4-10H2,1-3H3. The Hall–Kier alpha value is -0.120. The number of rotatable bonds is 9. The van der Waals surface area contributed by atoms with Crippen LogP contribution in [0.4, 0.5) is 0 Å². The minimum Gasteiger partial charge on any atom is -0.394 e. The summed E-state index contributed by atoms with van der Waals surface area (Å²) < 4.78 is 5.39. The first-order chi connectivity index (χ1) is 6.68. The van der Waals surface area contributed by atoms with Crippen LogP contribution in [0.3, 0.4) is 0 Å². The van der Waals surface area contributed by atoms with Crippen molar-refractivity contribution in [3.63, 3.8) is 0 Å². The van der Waals surface area contributed by atoms with Gasteiger partial charge in [-0.15, -0.1) is 0 Å². The number of hydrogen-bond donors (Lipinski definition) is 2. The molecule has 2 N–H and O–H groups in total. The lowest BCUT2D eigenvalue weighted by molar-refractivity contribution is 0.111. The van der Waals surface area contributed by atoms with Crippen LogP contribution in [0, 0.1) is 0 Å². The number of ether oxygens (including phenoxy) is 1. The summed E-state index contributed by atoms with van der Waals surface area (Å²) in [6, 6.07) is 0. The van der Waals surface area contributed by atoms with Crippen LogP contribution in [0.1, 0.15) is 40.0 Å². The lowest BCUT2D eigenvalue weighted by Crippen LogP contribution is -2.45. The molecule has 0 saturated carbocycles. The van der Waals surface area contributed by atoms with E-state index in [9.17, 15) is 5.11 Å². The van der Waals surface area contributed by atoms with E-state index in [0.717, 1.165) is 39.0 Å². The highest BCUT2D eigenvalue weighted by molar-refractivity contribution is 4.81. The Morgan fingerprint density at radius 2 is 2.00 bits per heavy atom. The molecular formula is C11H25NO2. The summed E-state index contributed by atoms with van der Waals surface area (Å²) in [5.74, 6) is 0. The molecule has 0 aliphatic rings. The molecule has 14 heavy (non-hydrogen) atoms. The largest absolute Gasteiger partial charge is 0.394 e. The fourth-order valence-electron chi connectivity index (χ4n) is 1.46. The van der Waals surface area contributed by atoms with Gasteiger partial charge in [-0.3, -0.25) is 0 Å². The van der Waals surface area contributed by atoms with Crippen molar-refractivity contribution in [2.24, 2.45) is 0 Å². The average molecular weight is 203 g/mol. The van der Waals surface area contributed by atoms with E-state index in [1.807, 2.05) is 0 Å². The Labute approximate surface area is 87.8 Å². The van der Waals surface area contributed by atoms with E-state index in [0.29, 0.717) is 0 Å². The van der Waals surface area contributed by atoms with E-state index in [1.54, 1.807) is 0 Å². The predicted octanol–water partition coefficient (Wildman–Crippen LogP) is 1.55. The van der Waals surface area contributed by atoms with Crippen LogP contribution in [-0.2, 0) is 4.74 Å². The third kappa shape index (κ3) is 6.35. The molecule has 0 aromatic rings. The van der Waals surface area contributed by atoms with Gasteiger partial charge in [-0.05, 0) is 32.7 Å². The van der Waals surface area contributed by atoms with Crippen LogP contribution in [-0.4, -0.2) is 37.0 Å². The molecule has 1 atom stereocenters. The van der Waals surface area contributed by atoms with Gasteiger partial charge in [0.15, 0.2) is 0 Å². The summed E-state index contributed by atoms with van der Waals surface area (Å²) in [7, 11) is 0. The van der Waals surface area contributed by atoms with Crippen molar-refractivity contribution in [3.05, 3.63) is 0 Å². The van der Waals surface area contributed by atoms with Crippen LogP contribution >= 0.6 is 0 Å². The predicted molar refractivity (Wildman–Crippen MR) is 59.5 cm³/mol. The van der Waals surface area contributed by atoms with E-state index >= 15 is 0 Å². The maximum absolute atomic E-state index is 9.22. The molecular weight excluding hydrogens is 178 g/mol. The smallest absolute Gasteiger partial charge is 0.0610 e. The Kier molecular flexibility index (Phi) is 8.14. The minimum atomic E-state index is -0.135. The SMILES string of the molecule is CCCOCCCC(C)(CO)NCC. The van der Waals surface area contributed by atoms with E-state index in [-0.39, 0.29) is 12.1 Å². The first kappa shape index (κ1) is 13.9. The van der Waals surface area contributed by atoms with Gasteiger partial charge >= 0.3 is 0 Å². The molecule has 0 amide bonds. The summed E-state index contributed by atoms with van der Waals surface area (Å²) >= 11 is 0. The van der Waals surface area contributed by atoms with Gasteiger partial charge in [-0.25, -0.2) is 0 Å². The monoisotopic (exact) mass is 203 g/mol. The molecule has 0 fully saturated rings. The molecule has 0 heterocycles. The first-order valence-corrected chi connectivity index (χ1v) is 5.62. The molecule has 0 aromatic heterocycles. The topological polar surface area (TPSA) is 41.5 Å². The number of aliphatic hydroxyl groups is 1. The van der Waals surface area contributed by atoms with Crippen LogP contribution in [0.2, 0.25) is 0 Å². The molecule has 0 aliphatic carbocycles. The normalized spacial score (nSPS) is 15.4. The van der Waals surface area contributed by atoms with Crippen molar-refractivity contribution < 1.29 is 9.84 Å². The van der Waals surface area contributed by atoms with Crippen molar-refractivity contribution in [2.75, 3.05) is 26.4 Å². The molecule has 86 valence electrons. The fourth-order valence-corrected chi connectivity index (χ4v) is 1.46. The molecule has 0 bridgehead atoms. The van der Waals surface area contributed by atoms with Gasteiger partial charge in [-0.1, -0.05) is 13.8 Å². The molecule has 3 nitrogen and oxygen atoms in total. The van der Waals surface area contributed by atoms with Crippen molar-refractivity contribution in [3.8, 4) is 0 Å². The summed E-state index contributed by atoms with van der Waals surface area (Å²) in [6.45, 7) is 8.95. The Morgan fingerprint density at radius 1 is 1.29 bits per heavy atom. The second-order valence-electron chi connectivity index (χ2n) is 3.97. The number of likely N-dealkylation sites (N-methyl/N-ethyl adjacent to an activating group) is 1. The Balaban J connectivity index is 3.51. The second kappa shape index (κ2) is 8.21. The Morgan fingerprint density at radius 3 is 2.50 bits per heavy atom. The van der Waals surface area contributed by atoms with Gasteiger partial charge in [-0.2, -0.15) is 0 Å². The van der Waals surface area contributed by atoms with E-state index < -0.39 is 0 Å². The first-order valence-electron chi connectivity index (χ1n) is 5.62. The molecule has 0 saturated heterocycles. The van der Waals surface area contributed by atoms with Gasteiger partial charge in [0.2, 0.25) is 0 Å². The van der Waals surface area contributed by atoms with Gasteiger partial charge in [0.1, 0.15) is 0 Å². The molecule has 0 aromatic carbocycles. The van der Waals surface area contributed by atoms with Crippen LogP contribution < -0.4 is 5.32 Å². The highest BCUT2D eigenvalue weighted by Gasteiger charge is 2.20. The number of aliphatic hydroxyl groups excluding tert-OH is 1. The highest BCUT2D eigenvalue weighted by Crippen LogP contribution is 2.11. The van der Waals surface area contributed by atoms with Gasteiger partial charge in [0.25, 0.3) is 0 Å². The van der Waals surface area contributed by atoms with Gasteiger partial charge in [0, 0.05) is 18.8 Å². The van der Waals surface area contributed by atoms with E-state index in [4.69, 9.17) is 4.74 Å². The quantitative estimate of drug-likeness (QED) is 0.559. The lowest BCUT2D eigenvalue weighted by Gasteiger charge is -2.28. The Bertz CT molecular complexity index is 130. The van der Waals surface area contributed by atoms with Crippen molar-refractivity contribution >= 4 is 0 Å². The van der Waals surface area contributed by atoms with Crippen LogP contribution in [0.5, 0.6) is 0 Å². The zero-order chi connectivity index (χ0) is 10.9. The van der Waals surface area contributed by atoms with E-state index in [1.165, 1.54) is 0 Å². The van der Waals surface area contributed by atoms with Crippen molar-refractivity contribution in [2.45, 2.75) is 45.6 Å². The van der Waals surface area contributed by atoms with Crippen molar-refractivity contribution in [1.29, 1.82) is 0 Å². The van der Waals surface area contributed by atoms with Gasteiger partial charge < -0.3 is 15.2 Å². The second-order valence-corrected chi connectivity index (χ2v) is 3.97. The average Bonchev–Trinajstić information content (AvgIpc) is 2.18. The molecule has 0 spiro atoms. The number of hydrogen-bond acceptors (Lipinski definition) is 3. The highest BCUT2D eigenvalue weighted by atomic mass is 16.5. The summed E-state index contributed by atoms with van der Waals surface area (Å²) in [5, 5.41) is 12.5. The number of nitrogens with one attached hydrogen (secondary N) is 1. The summed E-state index contributed by atoms with van der Waals surface area (Å²) in [4.78, 5) is 0. The van der Waals surface area contributed by atoms with Crippen molar-refractivity contribution in [1.82, 2.24) is 5.32 Å². The summed E-state index contributed by atoms with van der Waals surface area (Å²) in [6.07, 6.45) is 3.04. The fraction of sp³-hybridized carbons (Fsp3) is 1.00. The molecule has 0 rings (SSSR count). The molecule has 0 aliphatic heterocycles. The maximum atomic E-state index is 9.22. The zero-order valence-electron chi connectivity index (χ0n) is 9.81. The van der Waals surface area contributed by atoms with Gasteiger partial charge in [0.05, 0.1) is 6.61 Å². The lowest BCUT2D eigenvalue weighted by atomic mass is 9.97. The zero-order valence-corrected chi connectivity index (χ0v) is 9.81. The maximum Gasteiger partial charge on any atom is 0.0610 e. The summed E-state index contributed by atoms with van der Waals surface area (Å²) in [5.41, 5.74) is -0.135. The third-order valence-electron chi connectivity index (χ3n) is 2.32.